The van der Waals surface area contributed by atoms with E-state index in [9.17, 15) is 14.7 Å². The number of benzene rings is 1. The SMILES string of the molecule is COCc1cc(=O)c(O)c([C@H](CC(=O)N2CCOCC2)c2ccccc2)o1. The topological polar surface area (TPSA) is 89.2 Å². The summed E-state index contributed by atoms with van der Waals surface area (Å²) in [6, 6.07) is 10.4. The van der Waals surface area contributed by atoms with E-state index in [0.717, 1.165) is 5.56 Å². The van der Waals surface area contributed by atoms with E-state index in [1.807, 2.05) is 30.3 Å². The third-order valence-electron chi connectivity index (χ3n) is 4.55. The molecule has 0 unspecified atom stereocenters. The van der Waals surface area contributed by atoms with Crippen molar-refractivity contribution >= 4 is 5.91 Å². The molecule has 1 N–H and O–H groups in total. The minimum atomic E-state index is -0.578. The van der Waals surface area contributed by atoms with E-state index < -0.39 is 17.1 Å². The molecule has 7 heteroatoms. The molecule has 0 radical (unpaired) electrons. The third-order valence-corrected chi connectivity index (χ3v) is 4.55. The number of morpholine rings is 1. The van der Waals surface area contributed by atoms with Crippen molar-refractivity contribution in [3.8, 4) is 5.75 Å². The summed E-state index contributed by atoms with van der Waals surface area (Å²) in [7, 11) is 1.49. The summed E-state index contributed by atoms with van der Waals surface area (Å²) in [5, 5.41) is 10.4. The maximum Gasteiger partial charge on any atom is 0.227 e. The number of ether oxygens (including phenoxy) is 2. The zero-order chi connectivity index (χ0) is 19.2. The molecule has 27 heavy (non-hydrogen) atoms. The lowest BCUT2D eigenvalue weighted by Crippen LogP contribution is -2.41. The van der Waals surface area contributed by atoms with Gasteiger partial charge in [0.2, 0.25) is 17.1 Å². The van der Waals surface area contributed by atoms with Crippen LogP contribution in [0, 0.1) is 0 Å². The molecule has 1 aliphatic rings. The predicted octanol–water partition coefficient (Wildman–Crippen LogP) is 1.87. The number of methoxy groups -OCH3 is 1. The fraction of sp³-hybridized carbons (Fsp3) is 0.400. The van der Waals surface area contributed by atoms with Crippen LogP contribution in [0.5, 0.6) is 5.75 Å². The Kier molecular flexibility index (Phi) is 6.26. The van der Waals surface area contributed by atoms with Crippen LogP contribution < -0.4 is 5.43 Å². The third kappa shape index (κ3) is 4.56. The molecule has 3 rings (SSSR count). The lowest BCUT2D eigenvalue weighted by molar-refractivity contribution is -0.135. The molecule has 0 bridgehead atoms. The highest BCUT2D eigenvalue weighted by atomic mass is 16.5. The van der Waals surface area contributed by atoms with Gasteiger partial charge in [0.1, 0.15) is 12.4 Å². The van der Waals surface area contributed by atoms with Gasteiger partial charge in [-0.25, -0.2) is 0 Å². The maximum absolute atomic E-state index is 12.8. The molecule has 0 spiro atoms. The predicted molar refractivity (Wildman–Crippen MR) is 97.7 cm³/mol. The van der Waals surface area contributed by atoms with Crippen LogP contribution in [-0.4, -0.2) is 49.3 Å². The van der Waals surface area contributed by atoms with Gasteiger partial charge >= 0.3 is 0 Å². The van der Waals surface area contributed by atoms with Crippen molar-refractivity contribution in [1.29, 1.82) is 0 Å². The lowest BCUT2D eigenvalue weighted by Gasteiger charge is -2.28. The van der Waals surface area contributed by atoms with Crippen molar-refractivity contribution in [3.63, 3.8) is 0 Å². The van der Waals surface area contributed by atoms with Crippen molar-refractivity contribution in [2.75, 3.05) is 33.4 Å². The van der Waals surface area contributed by atoms with Crippen LogP contribution in [0.25, 0.3) is 0 Å². The average molecular weight is 373 g/mol. The average Bonchev–Trinajstić information content (AvgIpc) is 2.70. The van der Waals surface area contributed by atoms with E-state index in [0.29, 0.717) is 32.1 Å². The molecule has 2 aromatic rings. The molecule has 144 valence electrons. The fourth-order valence-electron chi connectivity index (χ4n) is 3.17. The van der Waals surface area contributed by atoms with E-state index in [1.54, 1.807) is 4.90 Å². The second-order valence-electron chi connectivity index (χ2n) is 6.38. The number of carbonyl (C=O) groups is 1. The van der Waals surface area contributed by atoms with Gasteiger partial charge in [0.15, 0.2) is 5.76 Å². The van der Waals surface area contributed by atoms with Gasteiger partial charge in [0, 0.05) is 32.7 Å². The van der Waals surface area contributed by atoms with Crippen molar-refractivity contribution in [2.45, 2.75) is 18.9 Å². The van der Waals surface area contributed by atoms with Crippen molar-refractivity contribution < 1.29 is 23.8 Å². The summed E-state index contributed by atoms with van der Waals surface area (Å²) < 4.78 is 16.1. The van der Waals surface area contributed by atoms with Crippen molar-refractivity contribution in [1.82, 2.24) is 4.90 Å². The minimum absolute atomic E-state index is 0.0775. The molecule has 1 amide bonds. The number of hydrogen-bond donors (Lipinski definition) is 1. The van der Waals surface area contributed by atoms with Crippen LogP contribution >= 0.6 is 0 Å². The molecular weight excluding hydrogens is 350 g/mol. The van der Waals surface area contributed by atoms with Gasteiger partial charge in [0.05, 0.1) is 19.1 Å². The van der Waals surface area contributed by atoms with Gasteiger partial charge in [-0.2, -0.15) is 0 Å². The normalized spacial score (nSPS) is 15.5. The molecule has 1 atom stereocenters. The van der Waals surface area contributed by atoms with Gasteiger partial charge < -0.3 is 23.9 Å². The molecule has 1 aromatic carbocycles. The monoisotopic (exact) mass is 373 g/mol. The highest BCUT2D eigenvalue weighted by Crippen LogP contribution is 2.33. The van der Waals surface area contributed by atoms with Gasteiger partial charge in [-0.15, -0.1) is 0 Å². The standard InChI is InChI=1S/C20H23NO6/c1-25-13-15-11-17(22)19(24)20(27-15)16(14-5-3-2-4-6-14)12-18(23)21-7-9-26-10-8-21/h2-6,11,16,24H,7-10,12-13H2,1H3/t16-/m1/s1. The Balaban J connectivity index is 1.98. The van der Waals surface area contributed by atoms with Crippen LogP contribution in [-0.2, 0) is 20.9 Å². The molecule has 1 fully saturated rings. The molecule has 1 aromatic heterocycles. The zero-order valence-electron chi connectivity index (χ0n) is 15.2. The number of amides is 1. The zero-order valence-corrected chi connectivity index (χ0v) is 15.2. The summed E-state index contributed by atoms with van der Waals surface area (Å²) in [5.74, 6) is -0.742. The van der Waals surface area contributed by atoms with E-state index in [-0.39, 0.29) is 24.7 Å². The summed E-state index contributed by atoms with van der Waals surface area (Å²) in [6.45, 7) is 2.16. The van der Waals surface area contributed by atoms with E-state index >= 15 is 0 Å². The van der Waals surface area contributed by atoms with Crippen molar-refractivity contribution in [2.24, 2.45) is 0 Å². The van der Waals surface area contributed by atoms with Crippen LogP contribution in [0.3, 0.4) is 0 Å². The summed E-state index contributed by atoms with van der Waals surface area (Å²) in [4.78, 5) is 26.7. The Morgan fingerprint density at radius 1 is 1.26 bits per heavy atom. The second kappa shape index (κ2) is 8.83. The molecule has 1 aliphatic heterocycles. The number of hydrogen-bond acceptors (Lipinski definition) is 6. The molecule has 7 nitrogen and oxygen atoms in total. The fourth-order valence-corrected chi connectivity index (χ4v) is 3.17. The Hall–Kier alpha value is -2.64. The van der Waals surface area contributed by atoms with Gasteiger partial charge in [-0.05, 0) is 5.56 Å². The largest absolute Gasteiger partial charge is 0.502 e. The quantitative estimate of drug-likeness (QED) is 0.832. The Morgan fingerprint density at radius 2 is 1.96 bits per heavy atom. The Bertz CT molecular complexity index is 826. The highest BCUT2D eigenvalue weighted by molar-refractivity contribution is 5.78. The van der Waals surface area contributed by atoms with E-state index in [4.69, 9.17) is 13.9 Å². The van der Waals surface area contributed by atoms with Crippen LogP contribution in [0.15, 0.2) is 45.6 Å². The first-order valence-electron chi connectivity index (χ1n) is 8.85. The Morgan fingerprint density at radius 3 is 2.63 bits per heavy atom. The van der Waals surface area contributed by atoms with Gasteiger partial charge in [0.25, 0.3) is 0 Å². The number of nitrogens with zero attached hydrogens (tertiary/aromatic N) is 1. The summed E-state index contributed by atoms with van der Waals surface area (Å²) >= 11 is 0. The minimum Gasteiger partial charge on any atom is -0.502 e. The summed E-state index contributed by atoms with van der Waals surface area (Å²) in [6.07, 6.45) is 0.0803. The smallest absolute Gasteiger partial charge is 0.227 e. The number of aromatic hydroxyl groups is 1. The van der Waals surface area contributed by atoms with Crippen LogP contribution in [0.1, 0.15) is 29.4 Å². The van der Waals surface area contributed by atoms with Gasteiger partial charge in [-0.3, -0.25) is 9.59 Å². The highest BCUT2D eigenvalue weighted by Gasteiger charge is 2.28. The van der Waals surface area contributed by atoms with Crippen LogP contribution in [0.4, 0.5) is 0 Å². The lowest BCUT2D eigenvalue weighted by atomic mass is 9.91. The number of rotatable bonds is 6. The first-order valence-corrected chi connectivity index (χ1v) is 8.85. The molecule has 0 aliphatic carbocycles. The maximum atomic E-state index is 12.8. The molecular formula is C20H23NO6. The van der Waals surface area contributed by atoms with Gasteiger partial charge in [-0.1, -0.05) is 30.3 Å². The molecule has 0 saturated carbocycles. The summed E-state index contributed by atoms with van der Waals surface area (Å²) in [5.41, 5.74) is 0.232. The first kappa shape index (κ1) is 19.1. The Labute approximate surface area is 157 Å². The van der Waals surface area contributed by atoms with Crippen molar-refractivity contribution in [3.05, 3.63) is 63.7 Å². The van der Waals surface area contributed by atoms with E-state index in [2.05, 4.69) is 0 Å². The molecule has 2 heterocycles. The van der Waals surface area contributed by atoms with E-state index in [1.165, 1.54) is 13.2 Å². The second-order valence-corrected chi connectivity index (χ2v) is 6.38. The van der Waals surface area contributed by atoms with Crippen LogP contribution in [0.2, 0.25) is 0 Å². The number of carbonyl (C=O) groups excluding carboxylic acids is 1. The first-order chi connectivity index (χ1) is 13.1. The molecule has 1 saturated heterocycles.